The molecule has 1 aliphatic heterocycles. The second-order valence-electron chi connectivity index (χ2n) is 7.17. The molecule has 1 aromatic heterocycles. The lowest BCUT2D eigenvalue weighted by atomic mass is 10.2. The van der Waals surface area contributed by atoms with Crippen LogP contribution in [0.25, 0.3) is 0 Å². The van der Waals surface area contributed by atoms with Gasteiger partial charge in [0.2, 0.25) is 0 Å². The van der Waals surface area contributed by atoms with Gasteiger partial charge in [-0.25, -0.2) is 0 Å². The molecule has 6 heteroatoms. The zero-order valence-corrected chi connectivity index (χ0v) is 16.4. The first-order valence-corrected chi connectivity index (χ1v) is 9.62. The van der Waals surface area contributed by atoms with Crippen LogP contribution >= 0.6 is 0 Å². The van der Waals surface area contributed by atoms with Crippen LogP contribution < -0.4 is 15.5 Å². The minimum absolute atomic E-state index is 0.137. The maximum Gasteiger partial charge on any atom is 0.270 e. The molecule has 1 unspecified atom stereocenters. The van der Waals surface area contributed by atoms with Crippen molar-refractivity contribution < 1.29 is 4.79 Å². The van der Waals surface area contributed by atoms with Gasteiger partial charge in [0.1, 0.15) is 5.69 Å². The highest BCUT2D eigenvalue weighted by molar-refractivity contribution is 5.93. The van der Waals surface area contributed by atoms with E-state index in [1.165, 1.54) is 5.69 Å². The van der Waals surface area contributed by atoms with Crippen molar-refractivity contribution in [1.82, 2.24) is 15.2 Å². The van der Waals surface area contributed by atoms with Gasteiger partial charge in [0.15, 0.2) is 0 Å². The van der Waals surface area contributed by atoms with Gasteiger partial charge in [-0.2, -0.15) is 0 Å². The summed E-state index contributed by atoms with van der Waals surface area (Å²) in [7, 11) is 2.16. The standard InChI is InChI=1S/C21H29N5O/c1-4-16(2)23-21(27)20-15-18(9-10-22-20)24-17-5-7-19(8-6-17)26-13-11-25(3)12-14-26/h5-10,15-16H,4,11-14H2,1-3H3,(H,22,24)(H,23,27). The van der Waals surface area contributed by atoms with E-state index in [2.05, 4.69) is 56.7 Å². The first-order chi connectivity index (χ1) is 13.0. The lowest BCUT2D eigenvalue weighted by Gasteiger charge is -2.34. The van der Waals surface area contributed by atoms with Gasteiger partial charge in [0, 0.05) is 55.5 Å². The number of hydrogen-bond acceptors (Lipinski definition) is 5. The van der Waals surface area contributed by atoms with Gasteiger partial charge in [-0.3, -0.25) is 9.78 Å². The molecule has 0 saturated carbocycles. The molecule has 6 nitrogen and oxygen atoms in total. The van der Waals surface area contributed by atoms with Crippen molar-refractivity contribution in [1.29, 1.82) is 0 Å². The number of pyridine rings is 1. The summed E-state index contributed by atoms with van der Waals surface area (Å²) in [5.41, 5.74) is 3.52. The largest absolute Gasteiger partial charge is 0.369 e. The molecule has 0 bridgehead atoms. The van der Waals surface area contributed by atoms with E-state index in [1.807, 2.05) is 19.9 Å². The molecule has 144 valence electrons. The van der Waals surface area contributed by atoms with Crippen LogP contribution in [-0.4, -0.2) is 55.1 Å². The number of benzene rings is 1. The fourth-order valence-corrected chi connectivity index (χ4v) is 3.02. The summed E-state index contributed by atoms with van der Waals surface area (Å²) in [6.07, 6.45) is 2.55. The smallest absolute Gasteiger partial charge is 0.270 e. The minimum Gasteiger partial charge on any atom is -0.369 e. The fourth-order valence-electron chi connectivity index (χ4n) is 3.02. The number of anilines is 3. The van der Waals surface area contributed by atoms with Crippen molar-refractivity contribution in [2.24, 2.45) is 0 Å². The van der Waals surface area contributed by atoms with Gasteiger partial charge in [-0.15, -0.1) is 0 Å². The highest BCUT2D eigenvalue weighted by Crippen LogP contribution is 2.22. The monoisotopic (exact) mass is 367 g/mol. The molecule has 1 saturated heterocycles. The Kier molecular flexibility index (Phi) is 6.29. The molecule has 3 rings (SSSR count). The van der Waals surface area contributed by atoms with E-state index < -0.39 is 0 Å². The molecule has 1 atom stereocenters. The van der Waals surface area contributed by atoms with Crippen molar-refractivity contribution in [3.63, 3.8) is 0 Å². The Morgan fingerprint density at radius 2 is 1.81 bits per heavy atom. The van der Waals surface area contributed by atoms with Crippen molar-refractivity contribution in [2.45, 2.75) is 26.3 Å². The van der Waals surface area contributed by atoms with E-state index in [9.17, 15) is 4.79 Å². The molecule has 2 N–H and O–H groups in total. The Morgan fingerprint density at radius 3 is 2.48 bits per heavy atom. The van der Waals surface area contributed by atoms with Gasteiger partial charge in [-0.1, -0.05) is 6.92 Å². The highest BCUT2D eigenvalue weighted by Gasteiger charge is 2.14. The van der Waals surface area contributed by atoms with E-state index in [4.69, 9.17) is 0 Å². The third-order valence-electron chi connectivity index (χ3n) is 5.01. The Labute approximate surface area is 161 Å². The maximum absolute atomic E-state index is 12.3. The normalized spacial score (nSPS) is 16.0. The van der Waals surface area contributed by atoms with Crippen molar-refractivity contribution in [3.05, 3.63) is 48.3 Å². The number of amides is 1. The lowest BCUT2D eigenvalue weighted by Crippen LogP contribution is -2.44. The van der Waals surface area contributed by atoms with E-state index in [0.717, 1.165) is 44.0 Å². The summed E-state index contributed by atoms with van der Waals surface area (Å²) < 4.78 is 0. The van der Waals surface area contributed by atoms with Crippen LogP contribution in [0.2, 0.25) is 0 Å². The van der Waals surface area contributed by atoms with Crippen molar-refractivity contribution in [3.8, 4) is 0 Å². The number of nitrogens with one attached hydrogen (secondary N) is 2. The number of nitrogens with zero attached hydrogens (tertiary/aromatic N) is 3. The van der Waals surface area contributed by atoms with E-state index in [0.29, 0.717) is 5.69 Å². The summed E-state index contributed by atoms with van der Waals surface area (Å²) >= 11 is 0. The number of piperazine rings is 1. The highest BCUT2D eigenvalue weighted by atomic mass is 16.1. The van der Waals surface area contributed by atoms with E-state index in [-0.39, 0.29) is 11.9 Å². The molecular weight excluding hydrogens is 338 g/mol. The lowest BCUT2D eigenvalue weighted by molar-refractivity contribution is 0.0934. The van der Waals surface area contributed by atoms with E-state index in [1.54, 1.807) is 12.3 Å². The van der Waals surface area contributed by atoms with Crippen LogP contribution in [0.5, 0.6) is 0 Å². The molecule has 27 heavy (non-hydrogen) atoms. The number of rotatable bonds is 6. The number of carbonyl (C=O) groups excluding carboxylic acids is 1. The Hall–Kier alpha value is -2.60. The third-order valence-corrected chi connectivity index (χ3v) is 5.01. The minimum atomic E-state index is -0.140. The Morgan fingerprint density at radius 1 is 1.11 bits per heavy atom. The Balaban J connectivity index is 1.63. The number of likely N-dealkylation sites (N-methyl/N-ethyl adjacent to an activating group) is 1. The van der Waals surface area contributed by atoms with Crippen LogP contribution in [0, 0.1) is 0 Å². The van der Waals surface area contributed by atoms with Crippen molar-refractivity contribution in [2.75, 3.05) is 43.4 Å². The number of aromatic nitrogens is 1. The predicted octanol–water partition coefficient (Wildman–Crippen LogP) is 3.11. The second-order valence-corrected chi connectivity index (χ2v) is 7.17. The van der Waals surface area contributed by atoms with Gasteiger partial charge in [0.25, 0.3) is 5.91 Å². The summed E-state index contributed by atoms with van der Waals surface area (Å²) in [6, 6.07) is 12.2. The van der Waals surface area contributed by atoms with Crippen LogP contribution in [0.3, 0.4) is 0 Å². The first-order valence-electron chi connectivity index (χ1n) is 9.62. The first kappa shape index (κ1) is 19.2. The van der Waals surface area contributed by atoms with Crippen LogP contribution in [-0.2, 0) is 0 Å². The summed E-state index contributed by atoms with van der Waals surface area (Å²) in [5.74, 6) is -0.140. The molecule has 1 fully saturated rings. The molecule has 1 aliphatic rings. The van der Waals surface area contributed by atoms with Crippen LogP contribution in [0.15, 0.2) is 42.6 Å². The third kappa shape index (κ3) is 5.20. The zero-order valence-electron chi connectivity index (χ0n) is 16.4. The fraction of sp³-hybridized carbons (Fsp3) is 0.429. The summed E-state index contributed by atoms with van der Waals surface area (Å²) in [4.78, 5) is 21.2. The van der Waals surface area contributed by atoms with Crippen LogP contribution in [0.1, 0.15) is 30.8 Å². The molecule has 0 radical (unpaired) electrons. The average molecular weight is 367 g/mol. The maximum atomic E-state index is 12.3. The average Bonchev–Trinajstić information content (AvgIpc) is 2.69. The van der Waals surface area contributed by atoms with Gasteiger partial charge >= 0.3 is 0 Å². The number of hydrogen-bond donors (Lipinski definition) is 2. The van der Waals surface area contributed by atoms with Gasteiger partial charge in [-0.05, 0) is 56.8 Å². The summed E-state index contributed by atoms with van der Waals surface area (Å²) in [6.45, 7) is 8.34. The van der Waals surface area contributed by atoms with Gasteiger partial charge < -0.3 is 20.4 Å². The van der Waals surface area contributed by atoms with Crippen molar-refractivity contribution >= 4 is 23.0 Å². The Bertz CT molecular complexity index is 753. The molecule has 2 heterocycles. The second kappa shape index (κ2) is 8.86. The molecule has 1 aromatic carbocycles. The quantitative estimate of drug-likeness (QED) is 0.822. The van der Waals surface area contributed by atoms with Gasteiger partial charge in [0.05, 0.1) is 0 Å². The molecule has 1 amide bonds. The molecular formula is C21H29N5O. The topological polar surface area (TPSA) is 60.5 Å². The zero-order chi connectivity index (χ0) is 19.2. The summed E-state index contributed by atoms with van der Waals surface area (Å²) in [5, 5.41) is 6.30. The SMILES string of the molecule is CCC(C)NC(=O)c1cc(Nc2ccc(N3CCN(C)CC3)cc2)ccn1. The predicted molar refractivity (Wildman–Crippen MR) is 111 cm³/mol. The van der Waals surface area contributed by atoms with Crippen LogP contribution in [0.4, 0.5) is 17.1 Å². The molecule has 2 aromatic rings. The molecule has 0 aliphatic carbocycles. The van der Waals surface area contributed by atoms with E-state index >= 15 is 0 Å². The molecule has 0 spiro atoms. The number of carbonyl (C=O) groups is 1.